The highest BCUT2D eigenvalue weighted by atomic mass is 16.5. The Hall–Kier alpha value is -3.35. The molecule has 0 atom stereocenters. The molecule has 1 aromatic heterocycles. The molecule has 4 aromatic rings. The number of nitrogens with one attached hydrogen (secondary N) is 1. The molecule has 176 valence electrons. The Balaban J connectivity index is 1.65. The number of morpholine rings is 1. The maximum atomic E-state index is 13.4. The van der Waals surface area contributed by atoms with Crippen molar-refractivity contribution < 1.29 is 23.5 Å². The predicted octanol–water partition coefficient (Wildman–Crippen LogP) is 5.18. The van der Waals surface area contributed by atoms with E-state index in [1.165, 1.54) is 5.56 Å². The highest BCUT2D eigenvalue weighted by Gasteiger charge is 2.35. The number of carbonyl (C=O) groups is 1. The number of methoxy groups -OCH3 is 2. The van der Waals surface area contributed by atoms with Gasteiger partial charge in [0.25, 0.3) is 0 Å². The minimum atomic E-state index is 0.145. The van der Waals surface area contributed by atoms with Crippen LogP contribution in [0.15, 0.2) is 48.5 Å². The van der Waals surface area contributed by atoms with Crippen LogP contribution in [0.1, 0.15) is 22.8 Å². The Morgan fingerprint density at radius 3 is 2.41 bits per heavy atom. The van der Waals surface area contributed by atoms with Gasteiger partial charge in [-0.3, -0.25) is 4.48 Å². The molecule has 6 heteroatoms. The van der Waals surface area contributed by atoms with Gasteiger partial charge in [0, 0.05) is 21.8 Å². The van der Waals surface area contributed by atoms with Gasteiger partial charge >= 0.3 is 5.91 Å². The Kier molecular flexibility index (Phi) is 5.80. The lowest BCUT2D eigenvalue weighted by Gasteiger charge is -2.34. The van der Waals surface area contributed by atoms with E-state index in [1.54, 1.807) is 14.2 Å². The van der Waals surface area contributed by atoms with Crippen molar-refractivity contribution in [2.45, 2.75) is 13.3 Å². The van der Waals surface area contributed by atoms with Crippen LogP contribution in [0.4, 0.5) is 0 Å². The lowest BCUT2D eigenvalue weighted by atomic mass is 9.97. The first kappa shape index (κ1) is 22.4. The molecular weight excluding hydrogens is 428 g/mol. The molecule has 34 heavy (non-hydrogen) atoms. The summed E-state index contributed by atoms with van der Waals surface area (Å²) in [7, 11) is 5.30. The molecule has 1 amide bonds. The molecule has 1 N–H and O–H groups in total. The molecule has 5 rings (SSSR count). The number of carbonyl (C=O) groups excluding carboxylic acids is 1. The number of quaternary nitrogens is 1. The van der Waals surface area contributed by atoms with Gasteiger partial charge in [-0.2, -0.15) is 0 Å². The van der Waals surface area contributed by atoms with Gasteiger partial charge in [-0.05, 0) is 65.6 Å². The number of amides is 1. The first-order chi connectivity index (χ1) is 16.5. The van der Waals surface area contributed by atoms with E-state index in [9.17, 15) is 4.79 Å². The number of nitrogens with zero attached hydrogens (tertiary/aromatic N) is 1. The number of ether oxygens (including phenoxy) is 3. The van der Waals surface area contributed by atoms with E-state index in [1.807, 2.05) is 37.4 Å². The third-order valence-electron chi connectivity index (χ3n) is 7.08. The fourth-order valence-electron chi connectivity index (χ4n) is 4.93. The second-order valence-corrected chi connectivity index (χ2v) is 9.13. The maximum absolute atomic E-state index is 13.4. The molecule has 1 aliphatic heterocycles. The van der Waals surface area contributed by atoms with Gasteiger partial charge in [0.05, 0.1) is 40.0 Å². The average Bonchev–Trinajstić information content (AvgIpc) is 3.25. The average molecular weight is 460 g/mol. The summed E-state index contributed by atoms with van der Waals surface area (Å²) in [6, 6.07) is 16.4. The molecule has 0 radical (unpaired) electrons. The van der Waals surface area contributed by atoms with Crippen molar-refractivity contribution in [2.24, 2.45) is 0 Å². The van der Waals surface area contributed by atoms with Gasteiger partial charge in [0.15, 0.2) is 11.5 Å². The van der Waals surface area contributed by atoms with Crippen LogP contribution in [0.3, 0.4) is 0 Å². The lowest BCUT2D eigenvalue weighted by molar-refractivity contribution is -0.837. The van der Waals surface area contributed by atoms with Crippen molar-refractivity contribution in [1.29, 1.82) is 0 Å². The summed E-state index contributed by atoms with van der Waals surface area (Å²) in [5.41, 5.74) is 6.30. The molecule has 1 aliphatic rings. The lowest BCUT2D eigenvalue weighted by Crippen LogP contribution is -2.55. The fraction of sp³-hybridized carbons (Fsp3) is 0.321. The Bertz CT molecular complexity index is 1380. The summed E-state index contributed by atoms with van der Waals surface area (Å²) in [5, 5.41) is 2.19. The predicted molar refractivity (Wildman–Crippen MR) is 135 cm³/mol. The summed E-state index contributed by atoms with van der Waals surface area (Å²) in [5.74, 6) is 1.55. The number of likely N-dealkylation sites (N-methyl/N-ethyl adjacent to an activating group) is 1. The largest absolute Gasteiger partial charge is 0.493 e. The van der Waals surface area contributed by atoms with Crippen LogP contribution in [0, 0.1) is 0 Å². The first-order valence-corrected chi connectivity index (χ1v) is 11.8. The second-order valence-electron chi connectivity index (χ2n) is 9.13. The minimum absolute atomic E-state index is 0.145. The van der Waals surface area contributed by atoms with Crippen LogP contribution < -0.4 is 9.47 Å². The number of aryl methyl sites for hydroxylation is 1. The third kappa shape index (κ3) is 3.73. The third-order valence-corrected chi connectivity index (χ3v) is 7.08. The monoisotopic (exact) mass is 459 g/mol. The number of aromatic nitrogens is 1. The molecule has 0 bridgehead atoms. The topological polar surface area (TPSA) is 60.5 Å². The van der Waals surface area contributed by atoms with Crippen molar-refractivity contribution in [3.63, 3.8) is 0 Å². The molecular formula is C28H31N2O4+. The van der Waals surface area contributed by atoms with Gasteiger partial charge in [-0.15, -0.1) is 0 Å². The normalized spacial score (nSPS) is 15.5. The zero-order chi connectivity index (χ0) is 23.9. The van der Waals surface area contributed by atoms with E-state index in [0.29, 0.717) is 42.3 Å². The molecule has 2 heterocycles. The van der Waals surface area contributed by atoms with Crippen LogP contribution in [0.5, 0.6) is 11.5 Å². The van der Waals surface area contributed by atoms with E-state index < -0.39 is 0 Å². The van der Waals surface area contributed by atoms with Crippen molar-refractivity contribution >= 4 is 27.7 Å². The standard InChI is InChI=1S/C28H30N2O4/c1-5-18-14-21(19-7-9-25(32-3)26(17-19)33-4)16-23-22-15-20(6-8-24(22)29-27(18)23)28(31)30(2)10-12-34-13-11-30/h6-9,14-17H,5,10-13H2,1-4H3/p+1. The minimum Gasteiger partial charge on any atom is -0.493 e. The molecule has 6 nitrogen and oxygen atoms in total. The first-order valence-electron chi connectivity index (χ1n) is 11.8. The summed E-state index contributed by atoms with van der Waals surface area (Å²) in [4.78, 5) is 17.0. The Morgan fingerprint density at radius 2 is 1.71 bits per heavy atom. The molecule has 0 saturated carbocycles. The van der Waals surface area contributed by atoms with Crippen molar-refractivity contribution in [1.82, 2.24) is 4.98 Å². The van der Waals surface area contributed by atoms with E-state index in [2.05, 4.69) is 30.1 Å². The zero-order valence-corrected chi connectivity index (χ0v) is 20.2. The number of fused-ring (bicyclic) bond motifs is 3. The molecule has 0 spiro atoms. The Labute approximate surface area is 199 Å². The number of H-pyrrole nitrogens is 1. The maximum Gasteiger partial charge on any atom is 0.345 e. The summed E-state index contributed by atoms with van der Waals surface area (Å²) in [6.07, 6.45) is 0.894. The van der Waals surface area contributed by atoms with Gasteiger partial charge in [-0.1, -0.05) is 13.0 Å². The molecule has 1 fully saturated rings. The van der Waals surface area contributed by atoms with E-state index >= 15 is 0 Å². The zero-order valence-electron chi connectivity index (χ0n) is 20.2. The van der Waals surface area contributed by atoms with Gasteiger partial charge in [-0.25, -0.2) is 4.79 Å². The van der Waals surface area contributed by atoms with Crippen LogP contribution >= 0.6 is 0 Å². The van der Waals surface area contributed by atoms with Gasteiger partial charge in [0.2, 0.25) is 0 Å². The number of hydrogen-bond donors (Lipinski definition) is 1. The number of benzene rings is 3. The SMILES string of the molecule is CCc1cc(-c2ccc(OC)c(OC)c2)cc2c1[nH]c1ccc(C(=O)[N+]3(C)CCOCC3)cc12. The number of hydrogen-bond acceptors (Lipinski definition) is 4. The van der Waals surface area contributed by atoms with E-state index in [4.69, 9.17) is 14.2 Å². The summed E-state index contributed by atoms with van der Waals surface area (Å²) >= 11 is 0. The van der Waals surface area contributed by atoms with E-state index in [-0.39, 0.29) is 5.91 Å². The van der Waals surface area contributed by atoms with Crippen molar-refractivity contribution in [3.05, 3.63) is 59.7 Å². The smallest absolute Gasteiger partial charge is 0.345 e. The molecule has 3 aromatic carbocycles. The van der Waals surface area contributed by atoms with Gasteiger partial charge < -0.3 is 19.2 Å². The number of aromatic amines is 1. The van der Waals surface area contributed by atoms with Crippen LogP contribution in [-0.4, -0.2) is 62.9 Å². The molecule has 0 aliphatic carbocycles. The fourth-order valence-corrected chi connectivity index (χ4v) is 4.93. The van der Waals surface area contributed by atoms with Crippen LogP contribution in [0.25, 0.3) is 32.9 Å². The molecule has 0 unspecified atom stereocenters. The van der Waals surface area contributed by atoms with E-state index in [0.717, 1.165) is 44.9 Å². The summed E-state index contributed by atoms with van der Waals surface area (Å²) < 4.78 is 16.8. The highest BCUT2D eigenvalue weighted by Crippen LogP contribution is 2.37. The molecule has 1 saturated heterocycles. The Morgan fingerprint density at radius 1 is 0.941 bits per heavy atom. The second kappa shape index (κ2) is 8.78. The van der Waals surface area contributed by atoms with Crippen LogP contribution in [0.2, 0.25) is 0 Å². The van der Waals surface area contributed by atoms with Crippen molar-refractivity contribution in [3.8, 4) is 22.6 Å². The number of rotatable bonds is 5. The van der Waals surface area contributed by atoms with Gasteiger partial charge in [0.1, 0.15) is 13.1 Å². The van der Waals surface area contributed by atoms with Crippen molar-refractivity contribution in [2.75, 3.05) is 47.6 Å². The quantitative estimate of drug-likeness (QED) is 0.418. The van der Waals surface area contributed by atoms with Crippen LogP contribution in [-0.2, 0) is 11.2 Å². The highest BCUT2D eigenvalue weighted by molar-refractivity contribution is 6.11. The summed E-state index contributed by atoms with van der Waals surface area (Å²) in [6.45, 7) is 4.80.